The Kier molecular flexibility index (Phi) is 5.12. The van der Waals surface area contributed by atoms with Crippen molar-refractivity contribution in [2.45, 2.75) is 20.0 Å². The lowest BCUT2D eigenvalue weighted by Crippen LogP contribution is -2.20. The van der Waals surface area contributed by atoms with Crippen molar-refractivity contribution < 1.29 is 4.74 Å². The van der Waals surface area contributed by atoms with Crippen LogP contribution < -0.4 is 11.1 Å². The number of hydrogen-bond donors (Lipinski definition) is 2. The van der Waals surface area contributed by atoms with Crippen LogP contribution in [0.3, 0.4) is 0 Å². The average Bonchev–Trinajstić information content (AvgIpc) is 2.22. The van der Waals surface area contributed by atoms with E-state index in [1.54, 1.807) is 6.07 Å². The second-order valence-corrected chi connectivity index (χ2v) is 4.15. The highest BCUT2D eigenvalue weighted by molar-refractivity contribution is 6.37. The van der Waals surface area contributed by atoms with Crippen LogP contribution in [0.5, 0.6) is 0 Å². The molecule has 0 fully saturated rings. The molecule has 1 heterocycles. The molecule has 1 aromatic rings. The first-order valence-electron chi connectivity index (χ1n) is 5.01. The number of nitrogen functional groups attached to an aromatic ring is 1. The second kappa shape index (κ2) is 6.13. The average molecular weight is 264 g/mol. The molecule has 0 aliphatic heterocycles. The third-order valence-corrected chi connectivity index (χ3v) is 2.56. The molecule has 1 unspecified atom stereocenters. The molecule has 6 heteroatoms. The van der Waals surface area contributed by atoms with Gasteiger partial charge in [0, 0.05) is 13.2 Å². The molecule has 1 rings (SSSR count). The van der Waals surface area contributed by atoms with Crippen molar-refractivity contribution in [1.82, 2.24) is 4.98 Å². The van der Waals surface area contributed by atoms with Gasteiger partial charge in [-0.15, -0.1) is 0 Å². The molecule has 0 radical (unpaired) electrons. The molecule has 0 bridgehead atoms. The van der Waals surface area contributed by atoms with Crippen molar-refractivity contribution in [3.8, 4) is 0 Å². The van der Waals surface area contributed by atoms with Gasteiger partial charge < -0.3 is 15.8 Å². The Hall–Kier alpha value is -0.710. The van der Waals surface area contributed by atoms with Gasteiger partial charge >= 0.3 is 0 Å². The predicted molar refractivity (Wildman–Crippen MR) is 68.2 cm³/mol. The number of halogens is 2. The number of anilines is 2. The molecule has 4 nitrogen and oxygen atoms in total. The molecule has 0 spiro atoms. The maximum absolute atomic E-state index is 5.96. The van der Waals surface area contributed by atoms with Crippen LogP contribution in [0.25, 0.3) is 0 Å². The third kappa shape index (κ3) is 3.70. The van der Waals surface area contributed by atoms with Gasteiger partial charge in [0.2, 0.25) is 0 Å². The second-order valence-electron chi connectivity index (χ2n) is 3.33. The Labute approximate surface area is 105 Å². The highest BCUT2D eigenvalue weighted by Crippen LogP contribution is 2.27. The first-order chi connectivity index (χ1) is 7.54. The summed E-state index contributed by atoms with van der Waals surface area (Å²) < 4.78 is 5.37. The van der Waals surface area contributed by atoms with E-state index < -0.39 is 0 Å². The summed E-state index contributed by atoms with van der Waals surface area (Å²) in [6, 6.07) is 1.57. The first kappa shape index (κ1) is 13.4. The number of aromatic nitrogens is 1. The largest absolute Gasteiger partial charge is 0.382 e. The first-order valence-corrected chi connectivity index (χ1v) is 5.77. The fourth-order valence-electron chi connectivity index (χ4n) is 1.19. The summed E-state index contributed by atoms with van der Waals surface area (Å²) in [6.45, 7) is 5.19. The Morgan fingerprint density at radius 2 is 2.19 bits per heavy atom. The van der Waals surface area contributed by atoms with E-state index in [-0.39, 0.29) is 11.9 Å². The number of nitrogens with two attached hydrogens (primary N) is 1. The SMILES string of the molecule is CCOC(C)CNc1nc(N)c(Cl)cc1Cl. The molecular weight excluding hydrogens is 249 g/mol. The Bertz CT molecular complexity index is 360. The van der Waals surface area contributed by atoms with Crippen molar-refractivity contribution >= 4 is 34.8 Å². The van der Waals surface area contributed by atoms with Gasteiger partial charge in [-0.2, -0.15) is 0 Å². The third-order valence-electron chi connectivity index (χ3n) is 1.96. The van der Waals surface area contributed by atoms with E-state index in [1.807, 2.05) is 13.8 Å². The zero-order valence-electron chi connectivity index (χ0n) is 9.26. The van der Waals surface area contributed by atoms with Crippen LogP contribution in [-0.2, 0) is 4.74 Å². The number of ether oxygens (including phenoxy) is 1. The van der Waals surface area contributed by atoms with Gasteiger partial charge in [-0.25, -0.2) is 4.98 Å². The lowest BCUT2D eigenvalue weighted by atomic mass is 10.3. The highest BCUT2D eigenvalue weighted by Gasteiger charge is 2.08. The number of pyridine rings is 1. The lowest BCUT2D eigenvalue weighted by molar-refractivity contribution is 0.0855. The van der Waals surface area contributed by atoms with Crippen LogP contribution in [0, 0.1) is 0 Å². The van der Waals surface area contributed by atoms with E-state index >= 15 is 0 Å². The Balaban J connectivity index is 2.63. The number of rotatable bonds is 5. The summed E-state index contributed by atoms with van der Waals surface area (Å²) in [4.78, 5) is 4.05. The number of nitrogens with one attached hydrogen (secondary N) is 1. The minimum absolute atomic E-state index is 0.0831. The molecule has 16 heavy (non-hydrogen) atoms. The van der Waals surface area contributed by atoms with Crippen molar-refractivity contribution in [3.05, 3.63) is 16.1 Å². The molecule has 0 saturated heterocycles. The summed E-state index contributed by atoms with van der Waals surface area (Å²) in [5.41, 5.74) is 5.58. The summed E-state index contributed by atoms with van der Waals surface area (Å²) in [6.07, 6.45) is 0.0831. The van der Waals surface area contributed by atoms with Crippen molar-refractivity contribution in [2.24, 2.45) is 0 Å². The maximum atomic E-state index is 5.96. The standard InChI is InChI=1S/C10H15Cl2N3O/c1-3-16-6(2)5-14-10-8(12)4-7(11)9(13)15-10/h4,6H,3,5H2,1-2H3,(H3,13,14,15). The van der Waals surface area contributed by atoms with Gasteiger partial charge in [0.1, 0.15) is 11.6 Å². The summed E-state index contributed by atoms with van der Waals surface area (Å²) in [5, 5.41) is 3.86. The topological polar surface area (TPSA) is 60.2 Å². The number of hydrogen-bond acceptors (Lipinski definition) is 4. The predicted octanol–water partition coefficient (Wildman–Crippen LogP) is 2.81. The lowest BCUT2D eigenvalue weighted by Gasteiger charge is -2.14. The molecule has 0 aromatic carbocycles. The quantitative estimate of drug-likeness (QED) is 0.858. The molecule has 0 aliphatic rings. The van der Waals surface area contributed by atoms with E-state index in [9.17, 15) is 0 Å². The molecule has 90 valence electrons. The molecule has 1 atom stereocenters. The summed E-state index contributed by atoms with van der Waals surface area (Å²) in [7, 11) is 0. The van der Waals surface area contributed by atoms with E-state index in [0.29, 0.717) is 29.0 Å². The van der Waals surface area contributed by atoms with Crippen molar-refractivity contribution in [3.63, 3.8) is 0 Å². The minimum Gasteiger partial charge on any atom is -0.382 e. The fraction of sp³-hybridized carbons (Fsp3) is 0.500. The molecular formula is C10H15Cl2N3O. The fourth-order valence-corrected chi connectivity index (χ4v) is 1.61. The molecule has 0 aliphatic carbocycles. The molecule has 0 amide bonds. The van der Waals surface area contributed by atoms with Crippen LogP contribution in [0.1, 0.15) is 13.8 Å². The van der Waals surface area contributed by atoms with E-state index in [4.69, 9.17) is 33.7 Å². The summed E-state index contributed by atoms with van der Waals surface area (Å²) in [5.74, 6) is 0.785. The van der Waals surface area contributed by atoms with Crippen LogP contribution in [0.2, 0.25) is 10.0 Å². The van der Waals surface area contributed by atoms with Gasteiger partial charge in [-0.05, 0) is 19.9 Å². The van der Waals surface area contributed by atoms with Crippen molar-refractivity contribution in [1.29, 1.82) is 0 Å². The van der Waals surface area contributed by atoms with E-state index in [2.05, 4.69) is 10.3 Å². The maximum Gasteiger partial charge on any atom is 0.147 e. The smallest absolute Gasteiger partial charge is 0.147 e. The van der Waals surface area contributed by atoms with Crippen LogP contribution in [-0.4, -0.2) is 24.2 Å². The Morgan fingerprint density at radius 1 is 1.50 bits per heavy atom. The number of nitrogens with zero attached hydrogens (tertiary/aromatic N) is 1. The highest BCUT2D eigenvalue weighted by atomic mass is 35.5. The Morgan fingerprint density at radius 3 is 2.81 bits per heavy atom. The van der Waals surface area contributed by atoms with Gasteiger partial charge in [-0.3, -0.25) is 0 Å². The van der Waals surface area contributed by atoms with Gasteiger partial charge in [-0.1, -0.05) is 23.2 Å². The van der Waals surface area contributed by atoms with Crippen molar-refractivity contribution in [2.75, 3.05) is 24.2 Å². The zero-order chi connectivity index (χ0) is 12.1. The van der Waals surface area contributed by atoms with Gasteiger partial charge in [0.05, 0.1) is 16.1 Å². The zero-order valence-corrected chi connectivity index (χ0v) is 10.8. The monoisotopic (exact) mass is 263 g/mol. The van der Waals surface area contributed by atoms with Gasteiger partial charge in [0.25, 0.3) is 0 Å². The van der Waals surface area contributed by atoms with Crippen LogP contribution in [0.4, 0.5) is 11.6 Å². The van der Waals surface area contributed by atoms with Gasteiger partial charge in [0.15, 0.2) is 0 Å². The summed E-state index contributed by atoms with van der Waals surface area (Å²) >= 11 is 11.7. The minimum atomic E-state index is 0.0831. The molecule has 0 saturated carbocycles. The normalized spacial score (nSPS) is 12.5. The molecule has 1 aromatic heterocycles. The van der Waals surface area contributed by atoms with Crippen LogP contribution in [0.15, 0.2) is 6.07 Å². The van der Waals surface area contributed by atoms with Crippen LogP contribution >= 0.6 is 23.2 Å². The van der Waals surface area contributed by atoms with E-state index in [1.165, 1.54) is 0 Å². The molecule has 3 N–H and O–H groups in total. The van der Waals surface area contributed by atoms with E-state index in [0.717, 1.165) is 0 Å².